The van der Waals surface area contributed by atoms with Crippen molar-refractivity contribution in [2.24, 2.45) is 0 Å². The van der Waals surface area contributed by atoms with Gasteiger partial charge in [0.15, 0.2) is 0 Å². The predicted molar refractivity (Wildman–Crippen MR) is 95.9 cm³/mol. The van der Waals surface area contributed by atoms with Crippen molar-refractivity contribution in [2.45, 2.75) is 33.7 Å². The second kappa shape index (κ2) is 7.15. The third-order valence-corrected chi connectivity index (χ3v) is 5.08. The van der Waals surface area contributed by atoms with Gasteiger partial charge in [-0.3, -0.25) is 4.79 Å². The van der Waals surface area contributed by atoms with E-state index in [-0.39, 0.29) is 18.2 Å². The van der Waals surface area contributed by atoms with E-state index in [2.05, 4.69) is 20.0 Å². The van der Waals surface area contributed by atoms with Crippen molar-refractivity contribution in [1.82, 2.24) is 15.3 Å². The van der Waals surface area contributed by atoms with Crippen molar-refractivity contribution in [1.29, 1.82) is 0 Å². The number of fused-ring (bicyclic) bond motifs is 1. The van der Waals surface area contributed by atoms with Gasteiger partial charge in [-0.1, -0.05) is 12.1 Å². The normalized spacial score (nSPS) is 11.6. The van der Waals surface area contributed by atoms with Gasteiger partial charge in [0, 0.05) is 17.6 Å². The maximum Gasteiger partial charge on any atom is 0.573 e. The minimum Gasteiger partial charge on any atom is -0.406 e. The molecular formula is C18H16F3N3O2S. The Labute approximate surface area is 157 Å². The van der Waals surface area contributed by atoms with Gasteiger partial charge < -0.3 is 10.1 Å². The van der Waals surface area contributed by atoms with Crippen molar-refractivity contribution in [3.8, 4) is 5.75 Å². The highest BCUT2D eigenvalue weighted by Gasteiger charge is 2.30. The van der Waals surface area contributed by atoms with E-state index in [0.717, 1.165) is 21.5 Å². The Bertz CT molecular complexity index is 998. The SMILES string of the molecule is Cc1nc(C)c2c(C)c(C(=O)NCc3ccc(OC(F)(F)F)cc3)sc2n1. The van der Waals surface area contributed by atoms with E-state index in [9.17, 15) is 18.0 Å². The van der Waals surface area contributed by atoms with Gasteiger partial charge in [-0.15, -0.1) is 24.5 Å². The monoisotopic (exact) mass is 395 g/mol. The molecule has 27 heavy (non-hydrogen) atoms. The highest BCUT2D eigenvalue weighted by molar-refractivity contribution is 7.20. The van der Waals surface area contributed by atoms with Gasteiger partial charge in [-0.05, 0) is 44.0 Å². The van der Waals surface area contributed by atoms with Crippen LogP contribution in [0.4, 0.5) is 13.2 Å². The first-order valence-electron chi connectivity index (χ1n) is 8.01. The minimum absolute atomic E-state index is 0.183. The summed E-state index contributed by atoms with van der Waals surface area (Å²) >= 11 is 1.30. The summed E-state index contributed by atoms with van der Waals surface area (Å²) in [6, 6.07) is 5.36. The number of hydrogen-bond acceptors (Lipinski definition) is 5. The molecule has 0 aliphatic heterocycles. The van der Waals surface area contributed by atoms with E-state index in [1.54, 1.807) is 6.92 Å². The van der Waals surface area contributed by atoms with E-state index in [1.165, 1.54) is 35.6 Å². The largest absolute Gasteiger partial charge is 0.573 e. The van der Waals surface area contributed by atoms with Crippen LogP contribution >= 0.6 is 11.3 Å². The number of aromatic nitrogens is 2. The number of rotatable bonds is 4. The number of halogens is 3. The van der Waals surface area contributed by atoms with Gasteiger partial charge in [-0.2, -0.15) is 0 Å². The summed E-state index contributed by atoms with van der Waals surface area (Å²) in [5.74, 6) is 0.0832. The molecule has 3 aromatic rings. The van der Waals surface area contributed by atoms with E-state index in [4.69, 9.17) is 0 Å². The van der Waals surface area contributed by atoms with Crippen LogP contribution in [0.5, 0.6) is 5.75 Å². The number of aryl methyl sites for hydroxylation is 3. The summed E-state index contributed by atoms with van der Waals surface area (Å²) in [5, 5.41) is 3.66. The first-order valence-corrected chi connectivity index (χ1v) is 8.83. The number of nitrogens with zero attached hydrogens (tertiary/aromatic N) is 2. The fourth-order valence-corrected chi connectivity index (χ4v) is 3.96. The van der Waals surface area contributed by atoms with Crippen LogP contribution in [0.3, 0.4) is 0 Å². The van der Waals surface area contributed by atoms with Crippen molar-refractivity contribution < 1.29 is 22.7 Å². The number of ether oxygens (including phenoxy) is 1. The van der Waals surface area contributed by atoms with Crippen LogP contribution < -0.4 is 10.1 Å². The lowest BCUT2D eigenvalue weighted by atomic mass is 10.1. The molecule has 1 N–H and O–H groups in total. The number of carbonyl (C=O) groups is 1. The minimum atomic E-state index is -4.73. The Balaban J connectivity index is 1.72. The summed E-state index contributed by atoms with van der Waals surface area (Å²) < 4.78 is 40.3. The van der Waals surface area contributed by atoms with Crippen LogP contribution in [0, 0.1) is 20.8 Å². The number of thiophene rings is 1. The first kappa shape index (κ1) is 19.1. The molecule has 0 saturated carbocycles. The lowest BCUT2D eigenvalue weighted by molar-refractivity contribution is -0.274. The molecule has 0 aliphatic carbocycles. The van der Waals surface area contributed by atoms with Crippen molar-refractivity contribution in [3.63, 3.8) is 0 Å². The average Bonchev–Trinajstić information content (AvgIpc) is 2.89. The Kier molecular flexibility index (Phi) is 5.05. The maximum atomic E-state index is 12.5. The van der Waals surface area contributed by atoms with Gasteiger partial charge in [0.1, 0.15) is 16.4 Å². The lowest BCUT2D eigenvalue weighted by Crippen LogP contribution is -2.22. The fraction of sp³-hybridized carbons (Fsp3) is 0.278. The molecule has 2 aromatic heterocycles. The number of amides is 1. The topological polar surface area (TPSA) is 64.1 Å². The quantitative estimate of drug-likeness (QED) is 0.709. The van der Waals surface area contributed by atoms with E-state index < -0.39 is 6.36 Å². The molecule has 0 spiro atoms. The average molecular weight is 395 g/mol. The number of carbonyl (C=O) groups excluding carboxylic acids is 1. The van der Waals surface area contributed by atoms with Gasteiger partial charge in [0.05, 0.1) is 4.88 Å². The number of nitrogens with one attached hydrogen (secondary N) is 1. The molecule has 1 amide bonds. The third kappa shape index (κ3) is 4.36. The van der Waals surface area contributed by atoms with Crippen molar-refractivity contribution in [2.75, 3.05) is 0 Å². The smallest absolute Gasteiger partial charge is 0.406 e. The molecule has 1 aromatic carbocycles. The summed E-state index contributed by atoms with van der Waals surface area (Å²) in [5.41, 5.74) is 2.30. The molecular weight excluding hydrogens is 379 g/mol. The van der Waals surface area contributed by atoms with E-state index in [1.807, 2.05) is 13.8 Å². The van der Waals surface area contributed by atoms with Gasteiger partial charge in [0.25, 0.3) is 5.91 Å². The predicted octanol–water partition coefficient (Wildman–Crippen LogP) is 4.45. The first-order chi connectivity index (χ1) is 12.6. The molecule has 0 atom stereocenters. The van der Waals surface area contributed by atoms with Crippen LogP contribution in [-0.4, -0.2) is 22.2 Å². The highest BCUT2D eigenvalue weighted by Crippen LogP contribution is 2.31. The van der Waals surface area contributed by atoms with Crippen LogP contribution in [0.25, 0.3) is 10.2 Å². The number of benzene rings is 1. The summed E-state index contributed by atoms with van der Waals surface area (Å²) in [6.07, 6.45) is -4.73. The van der Waals surface area contributed by atoms with E-state index >= 15 is 0 Å². The number of alkyl halides is 3. The van der Waals surface area contributed by atoms with Crippen LogP contribution in [-0.2, 0) is 6.54 Å². The van der Waals surface area contributed by atoms with Crippen LogP contribution in [0.1, 0.15) is 32.3 Å². The molecule has 0 radical (unpaired) electrons. The molecule has 0 aliphatic rings. The third-order valence-electron chi connectivity index (χ3n) is 3.90. The Morgan fingerprint density at radius 3 is 2.44 bits per heavy atom. The second-order valence-electron chi connectivity index (χ2n) is 5.97. The zero-order valence-electron chi connectivity index (χ0n) is 14.8. The molecule has 2 heterocycles. The Hall–Kier alpha value is -2.68. The fourth-order valence-electron chi connectivity index (χ4n) is 2.76. The zero-order chi connectivity index (χ0) is 19.8. The molecule has 5 nitrogen and oxygen atoms in total. The second-order valence-corrected chi connectivity index (χ2v) is 6.97. The maximum absolute atomic E-state index is 12.5. The molecule has 0 bridgehead atoms. The molecule has 0 fully saturated rings. The van der Waals surface area contributed by atoms with Gasteiger partial charge >= 0.3 is 6.36 Å². The summed E-state index contributed by atoms with van der Waals surface area (Å²) in [4.78, 5) is 22.6. The van der Waals surface area contributed by atoms with Crippen molar-refractivity contribution in [3.05, 3.63) is 51.8 Å². The standard InChI is InChI=1S/C18H16F3N3O2S/c1-9-14-10(2)23-11(3)24-17(14)27-15(9)16(25)22-8-12-4-6-13(7-5-12)26-18(19,20)21/h4-7H,8H2,1-3H3,(H,22,25). The van der Waals surface area contributed by atoms with E-state index in [0.29, 0.717) is 16.3 Å². The molecule has 0 unspecified atom stereocenters. The van der Waals surface area contributed by atoms with Crippen LogP contribution in [0.15, 0.2) is 24.3 Å². The summed E-state index contributed by atoms with van der Waals surface area (Å²) in [7, 11) is 0. The van der Waals surface area contributed by atoms with Gasteiger partial charge in [0.2, 0.25) is 0 Å². The molecule has 142 valence electrons. The Morgan fingerprint density at radius 2 is 1.81 bits per heavy atom. The Morgan fingerprint density at radius 1 is 1.15 bits per heavy atom. The molecule has 0 saturated heterocycles. The number of hydrogen-bond donors (Lipinski definition) is 1. The van der Waals surface area contributed by atoms with Crippen molar-refractivity contribution >= 4 is 27.5 Å². The molecule has 9 heteroatoms. The molecule has 3 rings (SSSR count). The zero-order valence-corrected chi connectivity index (χ0v) is 15.6. The lowest BCUT2D eigenvalue weighted by Gasteiger charge is -2.09. The van der Waals surface area contributed by atoms with Crippen LogP contribution in [0.2, 0.25) is 0 Å². The summed E-state index contributed by atoms with van der Waals surface area (Å²) in [6.45, 7) is 5.71. The highest BCUT2D eigenvalue weighted by atomic mass is 32.1. The van der Waals surface area contributed by atoms with Gasteiger partial charge in [-0.25, -0.2) is 9.97 Å².